The number of anilines is 1. The van der Waals surface area contributed by atoms with Crippen LogP contribution in [0, 0.1) is 0 Å². The highest BCUT2D eigenvalue weighted by Gasteiger charge is 2.20. The summed E-state index contributed by atoms with van der Waals surface area (Å²) in [5.74, 6) is -0.957. The number of nitrogens with zero attached hydrogens (tertiary/aromatic N) is 1. The van der Waals surface area contributed by atoms with Crippen molar-refractivity contribution in [1.82, 2.24) is 5.32 Å². The molecule has 0 spiro atoms. The second kappa shape index (κ2) is 9.58. The smallest absolute Gasteiger partial charge is 0.334 e. The normalized spacial score (nSPS) is 11.8. The lowest BCUT2D eigenvalue weighted by molar-refractivity contribution is -0.143. The maximum absolute atomic E-state index is 12.2. The average molecular weight is 404 g/mol. The Morgan fingerprint density at radius 1 is 1.16 bits per heavy atom. The molecule has 6 nitrogen and oxygen atoms in total. The van der Waals surface area contributed by atoms with Gasteiger partial charge in [-0.15, -0.1) is 0 Å². The van der Waals surface area contributed by atoms with Gasteiger partial charge in [-0.05, 0) is 43.3 Å². The highest BCUT2D eigenvalue weighted by molar-refractivity contribution is 9.10. The third kappa shape index (κ3) is 6.04. The number of hydrogen-bond donors (Lipinski definition) is 2. The molecule has 130 valence electrons. The molecule has 0 aliphatic heterocycles. The van der Waals surface area contributed by atoms with Gasteiger partial charge >= 0.3 is 5.97 Å². The topological polar surface area (TPSA) is 79.8 Å². The standard InChI is InChI=1S/C18H18BrN3O3/c1-2-25-18(24)16(21-17(23)13-6-4-3-5-7-13)12-20-22-15-10-8-14(19)9-11-15/h3-12,16,22H,2H2,1H3,(H,21,23)/b20-12+. The fraction of sp³-hybridized carbons (Fsp3) is 0.167. The Morgan fingerprint density at radius 3 is 2.48 bits per heavy atom. The van der Waals surface area contributed by atoms with Crippen LogP contribution >= 0.6 is 15.9 Å². The first-order valence-corrected chi connectivity index (χ1v) is 8.46. The molecule has 0 aromatic heterocycles. The number of ether oxygens (including phenoxy) is 1. The number of hydrazone groups is 1. The quantitative estimate of drug-likeness (QED) is 0.422. The van der Waals surface area contributed by atoms with Crippen LogP contribution in [0.25, 0.3) is 0 Å². The molecule has 0 saturated carbocycles. The summed E-state index contributed by atoms with van der Waals surface area (Å²) in [6.45, 7) is 1.91. The van der Waals surface area contributed by atoms with Gasteiger partial charge in [0.15, 0.2) is 6.04 Å². The molecule has 2 aromatic rings. The molecule has 1 amide bonds. The molecule has 0 fully saturated rings. The number of halogens is 1. The molecular formula is C18H18BrN3O3. The zero-order chi connectivity index (χ0) is 18.1. The van der Waals surface area contributed by atoms with E-state index in [-0.39, 0.29) is 12.5 Å². The average Bonchev–Trinajstić information content (AvgIpc) is 2.63. The van der Waals surface area contributed by atoms with Crippen LogP contribution in [0.15, 0.2) is 64.2 Å². The van der Waals surface area contributed by atoms with E-state index in [1.807, 2.05) is 30.3 Å². The molecule has 0 aliphatic rings. The van der Waals surface area contributed by atoms with Crippen LogP contribution in [0.2, 0.25) is 0 Å². The monoisotopic (exact) mass is 403 g/mol. The number of carbonyl (C=O) groups excluding carboxylic acids is 2. The van der Waals surface area contributed by atoms with E-state index in [0.29, 0.717) is 5.56 Å². The van der Waals surface area contributed by atoms with E-state index in [2.05, 4.69) is 31.8 Å². The summed E-state index contributed by atoms with van der Waals surface area (Å²) < 4.78 is 5.93. The van der Waals surface area contributed by atoms with Crippen LogP contribution in [-0.2, 0) is 9.53 Å². The Labute approximate surface area is 154 Å². The van der Waals surface area contributed by atoms with Crippen molar-refractivity contribution in [2.45, 2.75) is 13.0 Å². The number of hydrogen-bond acceptors (Lipinski definition) is 5. The van der Waals surface area contributed by atoms with Crippen LogP contribution in [0.3, 0.4) is 0 Å². The van der Waals surface area contributed by atoms with Crippen molar-refractivity contribution in [3.05, 3.63) is 64.6 Å². The summed E-state index contributed by atoms with van der Waals surface area (Å²) in [6.07, 6.45) is 1.31. The van der Waals surface area contributed by atoms with Crippen molar-refractivity contribution in [1.29, 1.82) is 0 Å². The first-order chi connectivity index (χ1) is 12.1. The summed E-state index contributed by atoms with van der Waals surface area (Å²) in [7, 11) is 0. The molecular weight excluding hydrogens is 386 g/mol. The molecule has 2 rings (SSSR count). The number of rotatable bonds is 7. The van der Waals surface area contributed by atoms with Crippen molar-refractivity contribution < 1.29 is 14.3 Å². The van der Waals surface area contributed by atoms with Gasteiger partial charge in [-0.2, -0.15) is 5.10 Å². The Kier molecular flexibility index (Phi) is 7.16. The molecule has 0 radical (unpaired) electrons. The van der Waals surface area contributed by atoms with Crippen molar-refractivity contribution in [2.75, 3.05) is 12.0 Å². The van der Waals surface area contributed by atoms with Crippen molar-refractivity contribution in [3.8, 4) is 0 Å². The molecule has 25 heavy (non-hydrogen) atoms. The second-order valence-corrected chi connectivity index (χ2v) is 5.88. The first kappa shape index (κ1) is 18.7. The summed E-state index contributed by atoms with van der Waals surface area (Å²) in [5, 5.41) is 6.62. The summed E-state index contributed by atoms with van der Waals surface area (Å²) in [5.41, 5.74) is 4.00. The molecule has 7 heteroatoms. The lowest BCUT2D eigenvalue weighted by atomic mass is 10.2. The van der Waals surface area contributed by atoms with Gasteiger partial charge in [0, 0.05) is 10.0 Å². The maximum Gasteiger partial charge on any atom is 0.334 e. The van der Waals surface area contributed by atoms with E-state index in [9.17, 15) is 9.59 Å². The van der Waals surface area contributed by atoms with E-state index < -0.39 is 12.0 Å². The SMILES string of the molecule is CCOC(=O)C(/C=N/Nc1ccc(Br)cc1)NC(=O)c1ccccc1. The van der Waals surface area contributed by atoms with Gasteiger partial charge in [0.2, 0.25) is 0 Å². The summed E-state index contributed by atoms with van der Waals surface area (Å²) >= 11 is 3.35. The van der Waals surface area contributed by atoms with E-state index in [4.69, 9.17) is 4.74 Å². The maximum atomic E-state index is 12.2. The number of benzene rings is 2. The highest BCUT2D eigenvalue weighted by Crippen LogP contribution is 2.13. The lowest BCUT2D eigenvalue weighted by Gasteiger charge is -2.13. The number of carbonyl (C=O) groups is 2. The minimum absolute atomic E-state index is 0.213. The first-order valence-electron chi connectivity index (χ1n) is 7.67. The fourth-order valence-corrected chi connectivity index (χ4v) is 2.18. The number of esters is 1. The fourth-order valence-electron chi connectivity index (χ4n) is 1.91. The van der Waals surface area contributed by atoms with Crippen LogP contribution in [0.1, 0.15) is 17.3 Å². The van der Waals surface area contributed by atoms with Crippen LogP contribution in [-0.4, -0.2) is 30.7 Å². The van der Waals surface area contributed by atoms with Crippen LogP contribution in [0.4, 0.5) is 5.69 Å². The molecule has 1 atom stereocenters. The molecule has 1 unspecified atom stereocenters. The summed E-state index contributed by atoms with van der Waals surface area (Å²) in [4.78, 5) is 24.3. The molecule has 0 saturated heterocycles. The van der Waals surface area contributed by atoms with E-state index in [1.165, 1.54) is 6.21 Å². The Balaban J connectivity index is 2.04. The van der Waals surface area contributed by atoms with Crippen LogP contribution < -0.4 is 10.7 Å². The Hall–Kier alpha value is -2.67. The Bertz CT molecular complexity index is 733. The van der Waals surface area contributed by atoms with Gasteiger partial charge in [-0.25, -0.2) is 4.79 Å². The largest absolute Gasteiger partial charge is 0.464 e. The summed E-state index contributed by atoms with van der Waals surface area (Å²) in [6, 6.07) is 15.0. The third-order valence-electron chi connectivity index (χ3n) is 3.12. The van der Waals surface area contributed by atoms with Gasteiger partial charge in [-0.1, -0.05) is 34.1 Å². The minimum Gasteiger partial charge on any atom is -0.464 e. The molecule has 2 N–H and O–H groups in total. The van der Waals surface area contributed by atoms with Gasteiger partial charge in [0.25, 0.3) is 5.91 Å². The predicted octanol–water partition coefficient (Wildman–Crippen LogP) is 3.21. The molecule has 0 bridgehead atoms. The van der Waals surface area contributed by atoms with E-state index >= 15 is 0 Å². The number of nitrogens with one attached hydrogen (secondary N) is 2. The van der Waals surface area contributed by atoms with E-state index in [1.54, 1.807) is 31.2 Å². The zero-order valence-corrected chi connectivity index (χ0v) is 15.2. The van der Waals surface area contributed by atoms with Crippen molar-refractivity contribution in [3.63, 3.8) is 0 Å². The third-order valence-corrected chi connectivity index (χ3v) is 3.65. The molecule has 0 aliphatic carbocycles. The second-order valence-electron chi connectivity index (χ2n) is 4.97. The highest BCUT2D eigenvalue weighted by atomic mass is 79.9. The lowest BCUT2D eigenvalue weighted by Crippen LogP contribution is -2.43. The Morgan fingerprint density at radius 2 is 1.84 bits per heavy atom. The van der Waals surface area contributed by atoms with Gasteiger partial charge in [-0.3, -0.25) is 10.2 Å². The van der Waals surface area contributed by atoms with Crippen LogP contribution in [0.5, 0.6) is 0 Å². The van der Waals surface area contributed by atoms with E-state index in [0.717, 1.165) is 10.2 Å². The molecule has 0 heterocycles. The zero-order valence-electron chi connectivity index (χ0n) is 13.6. The van der Waals surface area contributed by atoms with Crippen molar-refractivity contribution >= 4 is 39.7 Å². The van der Waals surface area contributed by atoms with Crippen molar-refractivity contribution in [2.24, 2.45) is 5.10 Å². The van der Waals surface area contributed by atoms with Gasteiger partial charge in [0.1, 0.15) is 0 Å². The predicted molar refractivity (Wildman–Crippen MR) is 101 cm³/mol. The van der Waals surface area contributed by atoms with Gasteiger partial charge < -0.3 is 10.1 Å². The van der Waals surface area contributed by atoms with Gasteiger partial charge in [0.05, 0.1) is 18.5 Å². The molecule has 2 aromatic carbocycles. The minimum atomic E-state index is -0.990. The number of amides is 1.